The zero-order chi connectivity index (χ0) is 10.8. The van der Waals surface area contributed by atoms with Gasteiger partial charge in [0.15, 0.2) is 0 Å². The van der Waals surface area contributed by atoms with Gasteiger partial charge in [-0.05, 0) is 32.0 Å². The van der Waals surface area contributed by atoms with Gasteiger partial charge in [0.1, 0.15) is 0 Å². The molecule has 82 valence electrons. The summed E-state index contributed by atoms with van der Waals surface area (Å²) in [6, 6.07) is 0. The minimum Gasteiger partial charge on any atom is -0.300 e. The smallest absolute Gasteiger partial charge is 0.201 e. The molecule has 0 radical (unpaired) electrons. The Labute approximate surface area is 91.3 Å². The van der Waals surface area contributed by atoms with E-state index < -0.39 is 0 Å². The van der Waals surface area contributed by atoms with Crippen LogP contribution in [0.2, 0.25) is 0 Å². The number of hydrazine groups is 1. The SMILES string of the molecule is CCCCCC/C(C)=N\NC(=S)NN. The predicted molar refractivity (Wildman–Crippen MR) is 64.9 cm³/mol. The summed E-state index contributed by atoms with van der Waals surface area (Å²) in [4.78, 5) is 0. The van der Waals surface area contributed by atoms with Gasteiger partial charge in [0.2, 0.25) is 5.11 Å². The van der Waals surface area contributed by atoms with Gasteiger partial charge in [0, 0.05) is 5.71 Å². The van der Waals surface area contributed by atoms with E-state index in [2.05, 4.69) is 22.9 Å². The number of hydrogen-bond acceptors (Lipinski definition) is 3. The zero-order valence-corrected chi connectivity index (χ0v) is 9.78. The van der Waals surface area contributed by atoms with Gasteiger partial charge in [0.05, 0.1) is 0 Å². The maximum absolute atomic E-state index is 5.07. The molecule has 0 spiro atoms. The van der Waals surface area contributed by atoms with Crippen molar-refractivity contribution in [3.8, 4) is 0 Å². The van der Waals surface area contributed by atoms with Gasteiger partial charge in [-0.3, -0.25) is 10.9 Å². The largest absolute Gasteiger partial charge is 0.300 e. The monoisotopic (exact) mass is 216 g/mol. The fraction of sp³-hybridized carbons (Fsp3) is 0.778. The Morgan fingerprint density at radius 3 is 2.64 bits per heavy atom. The highest BCUT2D eigenvalue weighted by molar-refractivity contribution is 7.80. The van der Waals surface area contributed by atoms with Gasteiger partial charge in [-0.2, -0.15) is 5.10 Å². The lowest BCUT2D eigenvalue weighted by Crippen LogP contribution is -2.37. The average Bonchev–Trinajstić information content (AvgIpc) is 2.21. The molecule has 0 aromatic carbocycles. The molecular formula is C9H20N4S. The summed E-state index contributed by atoms with van der Waals surface area (Å²) in [5, 5.41) is 4.42. The molecule has 0 aliphatic carbocycles. The molecule has 14 heavy (non-hydrogen) atoms. The van der Waals surface area contributed by atoms with Gasteiger partial charge in [-0.15, -0.1) is 0 Å². The van der Waals surface area contributed by atoms with Crippen molar-refractivity contribution in [2.45, 2.75) is 46.0 Å². The third-order valence-corrected chi connectivity index (χ3v) is 2.08. The Hall–Kier alpha value is -0.680. The Balaban J connectivity index is 3.51. The van der Waals surface area contributed by atoms with Crippen LogP contribution in [0.4, 0.5) is 0 Å². The van der Waals surface area contributed by atoms with Gasteiger partial charge in [0.25, 0.3) is 0 Å². The lowest BCUT2D eigenvalue weighted by molar-refractivity contribution is 0.681. The second kappa shape index (κ2) is 8.90. The molecule has 0 amide bonds. The van der Waals surface area contributed by atoms with Crippen LogP contribution in [0, 0.1) is 0 Å². The molecule has 4 N–H and O–H groups in total. The van der Waals surface area contributed by atoms with Gasteiger partial charge in [-0.25, -0.2) is 5.84 Å². The van der Waals surface area contributed by atoms with Crippen LogP contribution in [0.15, 0.2) is 5.10 Å². The van der Waals surface area contributed by atoms with E-state index in [9.17, 15) is 0 Å². The first-order chi connectivity index (χ1) is 6.70. The van der Waals surface area contributed by atoms with Crippen molar-refractivity contribution in [2.24, 2.45) is 10.9 Å². The van der Waals surface area contributed by atoms with E-state index in [1.54, 1.807) is 0 Å². The number of hydrogen-bond donors (Lipinski definition) is 3. The Bertz CT molecular complexity index is 191. The number of nitrogens with zero attached hydrogens (tertiary/aromatic N) is 1. The Morgan fingerprint density at radius 1 is 1.36 bits per heavy atom. The number of nitrogens with one attached hydrogen (secondary N) is 2. The lowest BCUT2D eigenvalue weighted by atomic mass is 10.1. The Kier molecular flexibility index (Phi) is 8.47. The first kappa shape index (κ1) is 13.3. The van der Waals surface area contributed by atoms with E-state index in [0.29, 0.717) is 5.11 Å². The van der Waals surface area contributed by atoms with Gasteiger partial charge >= 0.3 is 0 Å². The number of rotatable bonds is 6. The average molecular weight is 216 g/mol. The van der Waals surface area contributed by atoms with Crippen molar-refractivity contribution >= 4 is 23.0 Å². The van der Waals surface area contributed by atoms with Crippen molar-refractivity contribution in [2.75, 3.05) is 0 Å². The molecule has 0 saturated carbocycles. The molecule has 0 aliphatic rings. The fourth-order valence-corrected chi connectivity index (χ4v) is 1.09. The van der Waals surface area contributed by atoms with E-state index >= 15 is 0 Å². The summed E-state index contributed by atoms with van der Waals surface area (Å²) >= 11 is 4.77. The predicted octanol–water partition coefficient (Wildman–Crippen LogP) is 1.67. The summed E-state index contributed by atoms with van der Waals surface area (Å²) in [6.07, 6.45) is 6.02. The van der Waals surface area contributed by atoms with E-state index in [4.69, 9.17) is 18.1 Å². The van der Waals surface area contributed by atoms with Crippen LogP contribution < -0.4 is 16.7 Å². The number of unbranched alkanes of at least 4 members (excludes halogenated alkanes) is 3. The molecule has 0 atom stereocenters. The number of nitrogens with two attached hydrogens (primary N) is 1. The van der Waals surface area contributed by atoms with Crippen molar-refractivity contribution < 1.29 is 0 Å². The summed E-state index contributed by atoms with van der Waals surface area (Å²) in [6.45, 7) is 4.19. The summed E-state index contributed by atoms with van der Waals surface area (Å²) in [5.41, 5.74) is 6.02. The summed E-state index contributed by atoms with van der Waals surface area (Å²) in [7, 11) is 0. The van der Waals surface area contributed by atoms with Crippen molar-refractivity contribution in [1.82, 2.24) is 10.9 Å². The number of thiocarbonyl (C=S) groups is 1. The number of hydrazone groups is 1. The minimum atomic E-state index is 0.345. The second-order valence-corrected chi connectivity index (χ2v) is 3.65. The van der Waals surface area contributed by atoms with Crippen LogP contribution in [0.5, 0.6) is 0 Å². The quantitative estimate of drug-likeness (QED) is 0.208. The van der Waals surface area contributed by atoms with Crippen LogP contribution in [0.3, 0.4) is 0 Å². The first-order valence-electron chi connectivity index (χ1n) is 5.00. The van der Waals surface area contributed by atoms with Crippen LogP contribution in [-0.2, 0) is 0 Å². The highest BCUT2D eigenvalue weighted by Gasteiger charge is 1.93. The third kappa shape index (κ3) is 7.94. The normalized spacial score (nSPS) is 11.2. The molecule has 5 heteroatoms. The van der Waals surface area contributed by atoms with Crippen molar-refractivity contribution in [3.05, 3.63) is 0 Å². The first-order valence-corrected chi connectivity index (χ1v) is 5.41. The molecule has 0 bridgehead atoms. The van der Waals surface area contributed by atoms with Gasteiger partial charge < -0.3 is 0 Å². The van der Waals surface area contributed by atoms with Crippen LogP contribution in [-0.4, -0.2) is 10.8 Å². The molecule has 0 unspecified atom stereocenters. The molecular weight excluding hydrogens is 196 g/mol. The maximum atomic E-state index is 5.07. The summed E-state index contributed by atoms with van der Waals surface area (Å²) < 4.78 is 0. The molecule has 0 aromatic heterocycles. The third-order valence-electron chi connectivity index (χ3n) is 1.87. The topological polar surface area (TPSA) is 62.4 Å². The van der Waals surface area contributed by atoms with E-state index in [1.807, 2.05) is 6.92 Å². The molecule has 4 nitrogen and oxygen atoms in total. The molecule has 0 aromatic rings. The van der Waals surface area contributed by atoms with Crippen molar-refractivity contribution in [3.63, 3.8) is 0 Å². The van der Waals surface area contributed by atoms with Crippen molar-refractivity contribution in [1.29, 1.82) is 0 Å². The summed E-state index contributed by atoms with van der Waals surface area (Å²) in [5.74, 6) is 5.07. The lowest BCUT2D eigenvalue weighted by Gasteiger charge is -2.03. The maximum Gasteiger partial charge on any atom is 0.201 e. The van der Waals surface area contributed by atoms with E-state index in [0.717, 1.165) is 12.1 Å². The minimum absolute atomic E-state index is 0.345. The highest BCUT2D eigenvalue weighted by Crippen LogP contribution is 2.02. The molecule has 0 saturated heterocycles. The molecule has 0 fully saturated rings. The Morgan fingerprint density at radius 2 is 2.07 bits per heavy atom. The highest BCUT2D eigenvalue weighted by atomic mass is 32.1. The van der Waals surface area contributed by atoms with Gasteiger partial charge in [-0.1, -0.05) is 26.2 Å². The van der Waals surface area contributed by atoms with Crippen LogP contribution in [0.1, 0.15) is 46.0 Å². The fourth-order valence-electron chi connectivity index (χ4n) is 1.04. The van der Waals surface area contributed by atoms with Crippen LogP contribution in [0.25, 0.3) is 0 Å². The van der Waals surface area contributed by atoms with Crippen LogP contribution >= 0.6 is 12.2 Å². The molecule has 0 heterocycles. The molecule has 0 rings (SSSR count). The standard InChI is InChI=1S/C9H20N4S/c1-3-4-5-6-7-8(2)12-13-9(14)11-10/h3-7,10H2,1-2H3,(H2,11,13,14)/b12-8-. The zero-order valence-electron chi connectivity index (χ0n) is 8.97. The van der Waals surface area contributed by atoms with E-state index in [-0.39, 0.29) is 0 Å². The van der Waals surface area contributed by atoms with E-state index in [1.165, 1.54) is 25.7 Å². The second-order valence-electron chi connectivity index (χ2n) is 3.24. The molecule has 0 aliphatic heterocycles.